The van der Waals surface area contributed by atoms with Crippen LogP contribution in [0.25, 0.3) is 5.57 Å². The smallest absolute Gasteiger partial charge is 0.456 e. The zero-order valence-corrected chi connectivity index (χ0v) is 21.0. The van der Waals surface area contributed by atoms with Crippen molar-refractivity contribution in [1.29, 1.82) is 0 Å². The lowest BCUT2D eigenvalue weighted by molar-refractivity contribution is -0.298. The van der Waals surface area contributed by atoms with Crippen molar-refractivity contribution in [3.05, 3.63) is 96.0 Å². The summed E-state index contributed by atoms with van der Waals surface area (Å²) in [5.74, 6) is -6.66. The number of nitrogens with one attached hydrogen (secondary N) is 1. The van der Waals surface area contributed by atoms with E-state index >= 15 is 8.78 Å². The van der Waals surface area contributed by atoms with Crippen LogP contribution in [0.5, 0.6) is 5.75 Å². The maximum Gasteiger partial charge on any atom is 0.456 e. The fourth-order valence-corrected chi connectivity index (χ4v) is 4.96. The minimum Gasteiger partial charge on any atom is -0.461 e. The number of anilines is 3. The minimum absolute atomic E-state index is 0.0774. The lowest BCUT2D eigenvalue weighted by atomic mass is 9.79. The molecule has 6 N–H and O–H groups in total. The van der Waals surface area contributed by atoms with Crippen LogP contribution < -0.4 is 21.5 Å². The summed E-state index contributed by atoms with van der Waals surface area (Å²) >= 11 is 0. The second-order valence-electron chi connectivity index (χ2n) is 8.89. The molecule has 0 aliphatic heterocycles. The second kappa shape index (κ2) is 10.1. The number of nitrogen functional groups attached to an aromatic ring is 2. The predicted octanol–water partition coefficient (Wildman–Crippen LogP) is 6.04. The number of ether oxygens (including phenoxy) is 1. The normalized spacial score (nSPS) is 18.1. The molecule has 14 heteroatoms. The van der Waals surface area contributed by atoms with Gasteiger partial charge in [-0.2, -0.15) is 30.4 Å². The molecule has 0 radical (unpaired) electrons. The molecule has 40 heavy (non-hydrogen) atoms. The molecule has 0 spiro atoms. The van der Waals surface area contributed by atoms with E-state index in [0.717, 1.165) is 48.5 Å². The summed E-state index contributed by atoms with van der Waals surface area (Å²) < 4.78 is 125. The van der Waals surface area contributed by atoms with Crippen LogP contribution in [-0.4, -0.2) is 30.6 Å². The molecule has 3 aromatic rings. The van der Waals surface area contributed by atoms with Crippen molar-refractivity contribution in [2.24, 2.45) is 0 Å². The largest absolute Gasteiger partial charge is 0.461 e. The van der Waals surface area contributed by atoms with E-state index in [4.69, 9.17) is 16.2 Å². The molecule has 0 saturated carbocycles. The molecule has 4 rings (SSSR count). The summed E-state index contributed by atoms with van der Waals surface area (Å²) in [7, 11) is -5.17. The quantitative estimate of drug-likeness (QED) is 0.151. The van der Waals surface area contributed by atoms with Crippen LogP contribution in [0.15, 0.2) is 89.5 Å². The molecule has 0 bridgehead atoms. The van der Waals surface area contributed by atoms with Crippen molar-refractivity contribution in [1.82, 2.24) is 0 Å². The Morgan fingerprint density at radius 3 is 2.12 bits per heavy atom. The monoisotopic (exact) mass is 585 g/mol. The third kappa shape index (κ3) is 5.45. The molecule has 212 valence electrons. The number of halogens is 6. The number of rotatable bonds is 7. The first-order valence-electron chi connectivity index (χ1n) is 11.3. The number of alkyl halides is 5. The topological polar surface area (TPSA) is 128 Å². The lowest BCUT2D eigenvalue weighted by Gasteiger charge is -2.42. The standard InChI is InChI=1S/C26H21F6N3O4S/c27-16-6-10-18(11-7-16)39-22-14-24(25(28,29)26(30,31)32,13-12-19(22)15-4-8-17(33)9-5-15)35-21-3-1-2-20(34)23(21)40(36,37)38/h1-13,35H,14,33-34H2,(H,36,37,38). The van der Waals surface area contributed by atoms with Crippen molar-refractivity contribution >= 4 is 32.8 Å². The molecule has 0 fully saturated rings. The maximum absolute atomic E-state index is 15.4. The Labute approximate surface area is 224 Å². The van der Waals surface area contributed by atoms with Gasteiger partial charge in [-0.3, -0.25) is 4.55 Å². The van der Waals surface area contributed by atoms with E-state index in [1.54, 1.807) is 0 Å². The molecule has 0 aromatic heterocycles. The fraction of sp³-hybridized carbons (Fsp3) is 0.154. The highest BCUT2D eigenvalue weighted by atomic mass is 32.2. The van der Waals surface area contributed by atoms with E-state index in [1.165, 1.54) is 24.3 Å². The van der Waals surface area contributed by atoms with E-state index in [2.05, 4.69) is 0 Å². The van der Waals surface area contributed by atoms with Crippen LogP contribution in [0.2, 0.25) is 0 Å². The number of hydrogen-bond donors (Lipinski definition) is 4. The molecule has 7 nitrogen and oxygen atoms in total. The molecule has 1 atom stereocenters. The highest BCUT2D eigenvalue weighted by molar-refractivity contribution is 7.86. The van der Waals surface area contributed by atoms with Gasteiger partial charge >= 0.3 is 12.1 Å². The molecule has 0 saturated heterocycles. The van der Waals surface area contributed by atoms with Crippen LogP contribution >= 0.6 is 0 Å². The summed E-state index contributed by atoms with van der Waals surface area (Å²) in [6, 6.07) is 13.2. The van der Waals surface area contributed by atoms with Gasteiger partial charge in [0.15, 0.2) is 0 Å². The average molecular weight is 586 g/mol. The SMILES string of the molecule is Nc1ccc(C2=C(Oc3ccc(F)cc3)CC(Nc3cccc(N)c3S(=O)(=O)O)(C(F)(F)C(F)(F)F)C=C2)cc1. The van der Waals surface area contributed by atoms with Crippen molar-refractivity contribution in [2.75, 3.05) is 16.8 Å². The van der Waals surface area contributed by atoms with Crippen LogP contribution in [-0.2, 0) is 10.1 Å². The summed E-state index contributed by atoms with van der Waals surface area (Å²) in [6.45, 7) is 0. The Hall–Kier alpha value is -4.17. The van der Waals surface area contributed by atoms with Gasteiger partial charge in [0.05, 0.1) is 11.4 Å². The van der Waals surface area contributed by atoms with E-state index in [1.807, 2.05) is 5.32 Å². The maximum atomic E-state index is 15.4. The Bertz CT molecular complexity index is 1590. The molecule has 1 aliphatic carbocycles. The number of allylic oxidation sites excluding steroid dienone is 2. The summed E-state index contributed by atoms with van der Waals surface area (Å²) in [5, 5.41) is 1.99. The predicted molar refractivity (Wildman–Crippen MR) is 137 cm³/mol. The van der Waals surface area contributed by atoms with Crippen LogP contribution in [0.1, 0.15) is 12.0 Å². The highest BCUT2D eigenvalue weighted by Crippen LogP contribution is 2.51. The van der Waals surface area contributed by atoms with Gasteiger partial charge in [-0.1, -0.05) is 30.4 Å². The van der Waals surface area contributed by atoms with E-state index < -0.39 is 62.0 Å². The Morgan fingerprint density at radius 1 is 0.925 bits per heavy atom. The van der Waals surface area contributed by atoms with Gasteiger partial charge in [-0.05, 0) is 54.1 Å². The van der Waals surface area contributed by atoms with Crippen molar-refractivity contribution in [2.45, 2.75) is 29.0 Å². The fourth-order valence-electron chi connectivity index (χ4n) is 4.20. The van der Waals surface area contributed by atoms with Gasteiger partial charge in [-0.15, -0.1) is 0 Å². The zero-order chi connectivity index (χ0) is 29.5. The van der Waals surface area contributed by atoms with Crippen molar-refractivity contribution in [3.8, 4) is 5.75 Å². The number of benzene rings is 3. The Kier molecular flexibility index (Phi) is 7.28. The summed E-state index contributed by atoms with van der Waals surface area (Å²) in [5.41, 5.74) is 7.33. The van der Waals surface area contributed by atoms with Gasteiger partial charge in [0.1, 0.15) is 27.8 Å². The van der Waals surface area contributed by atoms with Crippen LogP contribution in [0.3, 0.4) is 0 Å². The highest BCUT2D eigenvalue weighted by Gasteiger charge is 2.70. The molecule has 0 amide bonds. The van der Waals surface area contributed by atoms with Crippen molar-refractivity contribution in [3.63, 3.8) is 0 Å². The third-order valence-corrected chi connectivity index (χ3v) is 7.10. The molecule has 1 aliphatic rings. The second-order valence-corrected chi connectivity index (χ2v) is 10.3. The van der Waals surface area contributed by atoms with Crippen LogP contribution in [0.4, 0.5) is 43.4 Å². The van der Waals surface area contributed by atoms with E-state index in [9.17, 15) is 30.5 Å². The van der Waals surface area contributed by atoms with E-state index in [-0.39, 0.29) is 11.3 Å². The average Bonchev–Trinajstić information content (AvgIpc) is 2.85. The first kappa shape index (κ1) is 28.8. The van der Waals surface area contributed by atoms with Gasteiger partial charge < -0.3 is 21.5 Å². The van der Waals surface area contributed by atoms with Gasteiger partial charge in [-0.25, -0.2) is 4.39 Å². The first-order chi connectivity index (χ1) is 18.5. The molecular formula is C26H21F6N3O4S. The van der Waals surface area contributed by atoms with E-state index in [0.29, 0.717) is 17.3 Å². The van der Waals surface area contributed by atoms with Crippen molar-refractivity contribution < 1.29 is 44.0 Å². The minimum atomic E-state index is -6.14. The Morgan fingerprint density at radius 2 is 1.55 bits per heavy atom. The molecule has 0 heterocycles. The van der Waals surface area contributed by atoms with Gasteiger partial charge in [0, 0.05) is 17.7 Å². The molecule has 1 unspecified atom stereocenters. The Balaban J connectivity index is 1.93. The molecule has 3 aromatic carbocycles. The van der Waals surface area contributed by atoms with Crippen LogP contribution in [0, 0.1) is 5.82 Å². The lowest BCUT2D eigenvalue weighted by Crippen LogP contribution is -2.61. The third-order valence-electron chi connectivity index (χ3n) is 6.13. The molecular weight excluding hydrogens is 564 g/mol. The van der Waals surface area contributed by atoms with Gasteiger partial charge in [0.2, 0.25) is 0 Å². The summed E-state index contributed by atoms with van der Waals surface area (Å²) in [4.78, 5) is -1.09. The zero-order valence-electron chi connectivity index (χ0n) is 20.2. The summed E-state index contributed by atoms with van der Waals surface area (Å²) in [6.07, 6.45) is -5.82. The number of hydrogen-bond acceptors (Lipinski definition) is 6. The first-order valence-corrected chi connectivity index (χ1v) is 12.8. The van der Waals surface area contributed by atoms with Gasteiger partial charge in [0.25, 0.3) is 10.1 Å². The number of nitrogens with two attached hydrogens (primary N) is 2.